The van der Waals surface area contributed by atoms with E-state index in [1.54, 1.807) is 0 Å². The van der Waals surface area contributed by atoms with Crippen LogP contribution in [0.1, 0.15) is 20.3 Å². The van der Waals surface area contributed by atoms with Crippen LogP contribution in [0.25, 0.3) is 0 Å². The van der Waals surface area contributed by atoms with Crippen molar-refractivity contribution in [1.82, 2.24) is 0 Å². The molecule has 0 amide bonds. The molecule has 0 saturated heterocycles. The molecule has 0 aliphatic carbocycles. The van der Waals surface area contributed by atoms with Gasteiger partial charge in [0.15, 0.2) is 0 Å². The number of nitrogens with one attached hydrogen (secondary N) is 1. The van der Waals surface area contributed by atoms with E-state index in [2.05, 4.69) is 37.9 Å². The fraction of sp³-hybridized carbons (Fsp3) is 0.385. The molecule has 0 bridgehead atoms. The van der Waals surface area contributed by atoms with Gasteiger partial charge in [-0.15, -0.1) is 6.58 Å². The number of allylic oxidation sites excluding steroid dienone is 1. The zero-order valence-electron chi connectivity index (χ0n) is 9.03. The van der Waals surface area contributed by atoms with E-state index >= 15 is 0 Å². The number of rotatable bonds is 5. The average Bonchev–Trinajstić information content (AvgIpc) is 2.19. The molecule has 0 aromatic heterocycles. The molecular weight excluding hydrogens is 170 g/mol. The van der Waals surface area contributed by atoms with Gasteiger partial charge in [-0.2, -0.15) is 0 Å². The Bertz CT molecular complexity index is 266. The van der Waals surface area contributed by atoms with E-state index in [4.69, 9.17) is 0 Å². The second kappa shape index (κ2) is 5.48. The Kier molecular flexibility index (Phi) is 4.24. The van der Waals surface area contributed by atoms with E-state index in [0.717, 1.165) is 6.42 Å². The van der Waals surface area contributed by atoms with Crippen LogP contribution in [-0.2, 0) is 0 Å². The zero-order valence-corrected chi connectivity index (χ0v) is 9.03. The van der Waals surface area contributed by atoms with Crippen molar-refractivity contribution in [3.63, 3.8) is 0 Å². The summed E-state index contributed by atoms with van der Waals surface area (Å²) in [6.07, 6.45) is 3.04. The van der Waals surface area contributed by atoms with E-state index < -0.39 is 0 Å². The highest BCUT2D eigenvalue weighted by atomic mass is 14.9. The molecule has 0 aliphatic rings. The molecule has 0 radical (unpaired) electrons. The first kappa shape index (κ1) is 10.8. The first-order valence-corrected chi connectivity index (χ1v) is 5.16. The summed E-state index contributed by atoms with van der Waals surface area (Å²) in [7, 11) is 0. The van der Waals surface area contributed by atoms with Gasteiger partial charge < -0.3 is 5.32 Å². The highest BCUT2D eigenvalue weighted by Crippen LogP contribution is 2.14. The maximum atomic E-state index is 3.76. The average molecular weight is 189 g/mol. The number of hydrogen-bond donors (Lipinski definition) is 1. The summed E-state index contributed by atoms with van der Waals surface area (Å²) >= 11 is 0. The van der Waals surface area contributed by atoms with Crippen molar-refractivity contribution in [2.24, 2.45) is 5.92 Å². The number of hydrogen-bond acceptors (Lipinski definition) is 1. The quantitative estimate of drug-likeness (QED) is 0.696. The van der Waals surface area contributed by atoms with E-state index in [9.17, 15) is 0 Å². The van der Waals surface area contributed by atoms with E-state index in [-0.39, 0.29) is 0 Å². The third-order valence-electron chi connectivity index (χ3n) is 2.56. The fourth-order valence-corrected chi connectivity index (χ4v) is 1.41. The van der Waals surface area contributed by atoms with Gasteiger partial charge >= 0.3 is 0 Å². The van der Waals surface area contributed by atoms with Crippen LogP contribution in [0.4, 0.5) is 5.69 Å². The molecule has 0 fully saturated rings. The summed E-state index contributed by atoms with van der Waals surface area (Å²) in [6.45, 7) is 8.21. The molecule has 1 heteroatoms. The standard InChI is InChI=1S/C13H19N/c1-4-8-11(2)12(3)14-13-9-6-5-7-10-13/h4-7,9-12,14H,1,8H2,2-3H3. The van der Waals surface area contributed by atoms with Crippen molar-refractivity contribution < 1.29 is 0 Å². The lowest BCUT2D eigenvalue weighted by Crippen LogP contribution is -2.23. The van der Waals surface area contributed by atoms with Gasteiger partial charge in [-0.3, -0.25) is 0 Å². The van der Waals surface area contributed by atoms with Crippen LogP contribution in [0, 0.1) is 5.92 Å². The maximum Gasteiger partial charge on any atom is 0.0342 e. The highest BCUT2D eigenvalue weighted by molar-refractivity contribution is 5.43. The van der Waals surface area contributed by atoms with Gasteiger partial charge in [-0.1, -0.05) is 31.2 Å². The largest absolute Gasteiger partial charge is 0.382 e. The number of para-hydroxylation sites is 1. The van der Waals surface area contributed by atoms with Crippen molar-refractivity contribution >= 4 is 5.69 Å². The minimum Gasteiger partial charge on any atom is -0.382 e. The van der Waals surface area contributed by atoms with Crippen LogP contribution in [0.3, 0.4) is 0 Å². The fourth-order valence-electron chi connectivity index (χ4n) is 1.41. The first-order valence-electron chi connectivity index (χ1n) is 5.16. The lowest BCUT2D eigenvalue weighted by Gasteiger charge is -2.21. The van der Waals surface area contributed by atoms with Gasteiger partial charge in [0.1, 0.15) is 0 Å². The summed E-state index contributed by atoms with van der Waals surface area (Å²) in [5.74, 6) is 0.618. The molecule has 1 aromatic rings. The summed E-state index contributed by atoms with van der Waals surface area (Å²) in [6, 6.07) is 10.8. The third kappa shape index (κ3) is 3.25. The van der Waals surface area contributed by atoms with Crippen molar-refractivity contribution in [1.29, 1.82) is 0 Å². The molecule has 1 aromatic carbocycles. The Morgan fingerprint density at radius 3 is 2.50 bits per heavy atom. The van der Waals surface area contributed by atoms with Gasteiger partial charge in [0.05, 0.1) is 0 Å². The van der Waals surface area contributed by atoms with Gasteiger partial charge in [0.25, 0.3) is 0 Å². The Hall–Kier alpha value is -1.24. The summed E-state index contributed by atoms with van der Waals surface area (Å²) in [5, 5.41) is 3.48. The van der Waals surface area contributed by atoms with Crippen LogP contribution in [0.15, 0.2) is 43.0 Å². The second-order valence-corrected chi connectivity index (χ2v) is 3.80. The lowest BCUT2D eigenvalue weighted by atomic mass is 10.00. The van der Waals surface area contributed by atoms with Crippen LogP contribution in [-0.4, -0.2) is 6.04 Å². The number of anilines is 1. The molecule has 0 spiro atoms. The molecule has 76 valence electrons. The third-order valence-corrected chi connectivity index (χ3v) is 2.56. The number of benzene rings is 1. The van der Waals surface area contributed by atoms with Crippen molar-refractivity contribution in [2.75, 3.05) is 5.32 Å². The van der Waals surface area contributed by atoms with Crippen LogP contribution in [0.5, 0.6) is 0 Å². The van der Waals surface area contributed by atoms with Crippen LogP contribution >= 0.6 is 0 Å². The predicted octanol–water partition coefficient (Wildman–Crippen LogP) is 3.70. The molecular formula is C13H19N. The van der Waals surface area contributed by atoms with Crippen molar-refractivity contribution in [2.45, 2.75) is 26.3 Å². The smallest absolute Gasteiger partial charge is 0.0342 e. The van der Waals surface area contributed by atoms with E-state index in [0.29, 0.717) is 12.0 Å². The zero-order chi connectivity index (χ0) is 10.4. The SMILES string of the molecule is C=CCC(C)C(C)Nc1ccccc1. The molecule has 1 nitrogen and oxygen atoms in total. The Morgan fingerprint density at radius 2 is 1.93 bits per heavy atom. The van der Waals surface area contributed by atoms with Crippen molar-refractivity contribution in [3.8, 4) is 0 Å². The summed E-state index contributed by atoms with van der Waals surface area (Å²) in [4.78, 5) is 0. The monoisotopic (exact) mass is 189 g/mol. The van der Waals surface area contributed by atoms with Crippen molar-refractivity contribution in [3.05, 3.63) is 43.0 Å². The van der Waals surface area contributed by atoms with Crippen LogP contribution in [0.2, 0.25) is 0 Å². The Morgan fingerprint density at radius 1 is 1.29 bits per heavy atom. The summed E-state index contributed by atoms with van der Waals surface area (Å²) in [5.41, 5.74) is 1.19. The molecule has 2 unspecified atom stereocenters. The van der Waals surface area contributed by atoms with Gasteiger partial charge in [-0.05, 0) is 31.4 Å². The Balaban J connectivity index is 2.48. The molecule has 1 rings (SSSR count). The van der Waals surface area contributed by atoms with Crippen LogP contribution < -0.4 is 5.32 Å². The molecule has 1 N–H and O–H groups in total. The maximum absolute atomic E-state index is 3.76. The molecule has 2 atom stereocenters. The van der Waals surface area contributed by atoms with E-state index in [1.807, 2.05) is 24.3 Å². The summed E-state index contributed by atoms with van der Waals surface area (Å²) < 4.78 is 0. The minimum absolute atomic E-state index is 0.482. The van der Waals surface area contributed by atoms with Gasteiger partial charge in [-0.25, -0.2) is 0 Å². The first-order chi connectivity index (χ1) is 6.74. The normalized spacial score (nSPS) is 14.4. The topological polar surface area (TPSA) is 12.0 Å². The molecule has 0 heterocycles. The Labute approximate surface area is 86.8 Å². The lowest BCUT2D eigenvalue weighted by molar-refractivity contribution is 0.517. The minimum atomic E-state index is 0.482. The highest BCUT2D eigenvalue weighted by Gasteiger charge is 2.09. The second-order valence-electron chi connectivity index (χ2n) is 3.80. The molecule has 0 aliphatic heterocycles. The van der Waals surface area contributed by atoms with Gasteiger partial charge in [0, 0.05) is 11.7 Å². The predicted molar refractivity (Wildman–Crippen MR) is 63.5 cm³/mol. The molecule has 0 saturated carbocycles. The van der Waals surface area contributed by atoms with Gasteiger partial charge in [0.2, 0.25) is 0 Å². The van der Waals surface area contributed by atoms with E-state index in [1.165, 1.54) is 5.69 Å². The molecule has 14 heavy (non-hydrogen) atoms.